The van der Waals surface area contributed by atoms with E-state index in [1.54, 1.807) is 7.11 Å². The predicted octanol–water partition coefficient (Wildman–Crippen LogP) is -0.107. The fraction of sp³-hybridized carbons (Fsp3) is 0.900. The highest BCUT2D eigenvalue weighted by molar-refractivity contribution is 5.77. The number of carbonyl (C=O) groups excluding carboxylic acids is 1. The Balaban J connectivity index is 3.19. The summed E-state index contributed by atoms with van der Waals surface area (Å²) in [6.07, 6.45) is 1.83. The lowest BCUT2D eigenvalue weighted by Crippen LogP contribution is -2.29. The molecule has 0 aliphatic heterocycles. The van der Waals surface area contributed by atoms with Gasteiger partial charge in [-0.15, -0.1) is 0 Å². The topological polar surface area (TPSA) is 73.6 Å². The van der Waals surface area contributed by atoms with Crippen LogP contribution in [-0.4, -0.2) is 45.4 Å². The number of carbonyl (C=O) groups is 1. The maximum Gasteiger partial charge on any atom is 0.245 e. The van der Waals surface area contributed by atoms with Gasteiger partial charge >= 0.3 is 0 Å². The molecule has 0 aromatic rings. The Morgan fingerprint density at radius 3 is 2.80 bits per heavy atom. The van der Waals surface area contributed by atoms with Crippen LogP contribution >= 0.6 is 0 Å². The SMILES string of the molecule is COCCOCC(=O)NCCCC(C)N. The molecule has 0 heterocycles. The van der Waals surface area contributed by atoms with Crippen molar-refractivity contribution in [3.8, 4) is 0 Å². The minimum atomic E-state index is -0.0872. The average Bonchev–Trinajstić information content (AvgIpc) is 2.19. The van der Waals surface area contributed by atoms with E-state index >= 15 is 0 Å². The van der Waals surface area contributed by atoms with Gasteiger partial charge in [0, 0.05) is 19.7 Å². The van der Waals surface area contributed by atoms with E-state index in [1.807, 2.05) is 6.92 Å². The second-order valence-electron chi connectivity index (χ2n) is 3.51. The summed E-state index contributed by atoms with van der Waals surface area (Å²) in [5.74, 6) is -0.0872. The normalized spacial score (nSPS) is 12.5. The Morgan fingerprint density at radius 1 is 1.47 bits per heavy atom. The molecule has 1 atom stereocenters. The molecule has 1 amide bonds. The standard InChI is InChI=1S/C10H22N2O3/c1-9(11)4-3-5-12-10(13)8-15-7-6-14-2/h9H,3-8,11H2,1-2H3,(H,12,13). The van der Waals surface area contributed by atoms with Crippen molar-refractivity contribution in [2.45, 2.75) is 25.8 Å². The first-order valence-corrected chi connectivity index (χ1v) is 5.25. The van der Waals surface area contributed by atoms with E-state index in [-0.39, 0.29) is 18.6 Å². The van der Waals surface area contributed by atoms with Gasteiger partial charge in [-0.3, -0.25) is 4.79 Å². The summed E-state index contributed by atoms with van der Waals surface area (Å²) in [6.45, 7) is 3.67. The predicted molar refractivity (Wildman–Crippen MR) is 58.6 cm³/mol. The highest BCUT2D eigenvalue weighted by Gasteiger charge is 2.00. The van der Waals surface area contributed by atoms with Crippen LogP contribution in [0.15, 0.2) is 0 Å². The zero-order valence-electron chi connectivity index (χ0n) is 9.62. The van der Waals surface area contributed by atoms with Crippen molar-refractivity contribution in [2.75, 3.05) is 33.5 Å². The van der Waals surface area contributed by atoms with Gasteiger partial charge in [-0.1, -0.05) is 0 Å². The van der Waals surface area contributed by atoms with Crippen LogP contribution in [0.1, 0.15) is 19.8 Å². The van der Waals surface area contributed by atoms with E-state index in [0.29, 0.717) is 19.8 Å². The van der Waals surface area contributed by atoms with Gasteiger partial charge < -0.3 is 20.5 Å². The molecule has 5 nitrogen and oxygen atoms in total. The molecule has 1 unspecified atom stereocenters. The molecule has 0 aromatic heterocycles. The number of nitrogens with one attached hydrogen (secondary N) is 1. The number of hydrogen-bond donors (Lipinski definition) is 2. The van der Waals surface area contributed by atoms with Crippen molar-refractivity contribution in [1.29, 1.82) is 0 Å². The van der Waals surface area contributed by atoms with Gasteiger partial charge in [0.2, 0.25) is 5.91 Å². The van der Waals surface area contributed by atoms with Crippen LogP contribution in [0.3, 0.4) is 0 Å². The van der Waals surface area contributed by atoms with Gasteiger partial charge in [-0.25, -0.2) is 0 Å². The summed E-state index contributed by atoms with van der Waals surface area (Å²) < 4.78 is 9.83. The molecule has 0 fully saturated rings. The molecule has 5 heteroatoms. The van der Waals surface area contributed by atoms with Gasteiger partial charge in [-0.2, -0.15) is 0 Å². The van der Waals surface area contributed by atoms with Crippen molar-refractivity contribution >= 4 is 5.91 Å². The van der Waals surface area contributed by atoms with Crippen molar-refractivity contribution < 1.29 is 14.3 Å². The van der Waals surface area contributed by atoms with E-state index in [9.17, 15) is 4.79 Å². The first-order valence-electron chi connectivity index (χ1n) is 5.25. The van der Waals surface area contributed by atoms with Crippen LogP contribution < -0.4 is 11.1 Å². The number of nitrogens with two attached hydrogens (primary N) is 1. The lowest BCUT2D eigenvalue weighted by molar-refractivity contribution is -0.126. The zero-order valence-corrected chi connectivity index (χ0v) is 9.62. The minimum absolute atomic E-state index is 0.0872. The number of hydrogen-bond acceptors (Lipinski definition) is 4. The molecule has 0 rings (SSSR count). The zero-order chi connectivity index (χ0) is 11.5. The fourth-order valence-electron chi connectivity index (χ4n) is 1.01. The van der Waals surface area contributed by atoms with Crippen molar-refractivity contribution in [3.63, 3.8) is 0 Å². The molecular weight excluding hydrogens is 196 g/mol. The smallest absolute Gasteiger partial charge is 0.245 e. The second kappa shape index (κ2) is 9.89. The summed E-state index contributed by atoms with van der Waals surface area (Å²) in [7, 11) is 1.59. The molecule has 15 heavy (non-hydrogen) atoms. The maximum absolute atomic E-state index is 11.1. The van der Waals surface area contributed by atoms with Crippen LogP contribution in [0, 0.1) is 0 Å². The summed E-state index contributed by atoms with van der Waals surface area (Å²) in [4.78, 5) is 11.1. The highest BCUT2D eigenvalue weighted by Crippen LogP contribution is 1.90. The van der Waals surface area contributed by atoms with E-state index in [4.69, 9.17) is 15.2 Å². The summed E-state index contributed by atoms with van der Waals surface area (Å²) in [5.41, 5.74) is 5.57. The molecule has 0 bridgehead atoms. The quantitative estimate of drug-likeness (QED) is 0.530. The average molecular weight is 218 g/mol. The third-order valence-electron chi connectivity index (χ3n) is 1.82. The van der Waals surface area contributed by atoms with E-state index in [0.717, 1.165) is 12.8 Å². The Labute approximate surface area is 91.3 Å². The maximum atomic E-state index is 11.1. The Kier molecular flexibility index (Phi) is 9.46. The minimum Gasteiger partial charge on any atom is -0.382 e. The summed E-state index contributed by atoms with van der Waals surface area (Å²) in [5, 5.41) is 2.75. The Hall–Kier alpha value is -0.650. The second-order valence-corrected chi connectivity index (χ2v) is 3.51. The van der Waals surface area contributed by atoms with Gasteiger partial charge in [0.15, 0.2) is 0 Å². The molecule has 0 saturated carbocycles. The van der Waals surface area contributed by atoms with Crippen molar-refractivity contribution in [2.24, 2.45) is 5.73 Å². The molecular formula is C10H22N2O3. The van der Waals surface area contributed by atoms with Gasteiger partial charge in [0.1, 0.15) is 6.61 Å². The lowest BCUT2D eigenvalue weighted by Gasteiger charge is -2.07. The number of ether oxygens (including phenoxy) is 2. The molecule has 0 saturated heterocycles. The lowest BCUT2D eigenvalue weighted by atomic mass is 10.2. The molecule has 0 aliphatic rings. The molecule has 3 N–H and O–H groups in total. The third kappa shape index (κ3) is 11.3. The van der Waals surface area contributed by atoms with E-state index < -0.39 is 0 Å². The molecule has 0 aromatic carbocycles. The third-order valence-corrected chi connectivity index (χ3v) is 1.82. The fourth-order valence-corrected chi connectivity index (χ4v) is 1.01. The Bertz CT molecular complexity index is 163. The Morgan fingerprint density at radius 2 is 2.20 bits per heavy atom. The number of rotatable bonds is 9. The monoisotopic (exact) mass is 218 g/mol. The first-order chi connectivity index (χ1) is 7.16. The molecule has 90 valence electrons. The molecule has 0 spiro atoms. The summed E-state index contributed by atoms with van der Waals surface area (Å²) >= 11 is 0. The van der Waals surface area contributed by atoms with E-state index in [1.165, 1.54) is 0 Å². The molecule has 0 radical (unpaired) electrons. The molecule has 0 aliphatic carbocycles. The van der Waals surface area contributed by atoms with Crippen LogP contribution in [-0.2, 0) is 14.3 Å². The van der Waals surface area contributed by atoms with Crippen molar-refractivity contribution in [1.82, 2.24) is 5.32 Å². The largest absolute Gasteiger partial charge is 0.382 e. The van der Waals surface area contributed by atoms with Gasteiger partial charge in [0.05, 0.1) is 13.2 Å². The highest BCUT2D eigenvalue weighted by atomic mass is 16.5. The van der Waals surface area contributed by atoms with Crippen LogP contribution in [0.2, 0.25) is 0 Å². The van der Waals surface area contributed by atoms with Crippen LogP contribution in [0.25, 0.3) is 0 Å². The van der Waals surface area contributed by atoms with Crippen LogP contribution in [0.4, 0.5) is 0 Å². The number of methoxy groups -OCH3 is 1. The van der Waals surface area contributed by atoms with Crippen molar-refractivity contribution in [3.05, 3.63) is 0 Å². The summed E-state index contributed by atoms with van der Waals surface area (Å²) in [6, 6.07) is 0.194. The first kappa shape index (κ1) is 14.3. The van der Waals surface area contributed by atoms with E-state index in [2.05, 4.69) is 5.32 Å². The van der Waals surface area contributed by atoms with Gasteiger partial charge in [-0.05, 0) is 19.8 Å². The van der Waals surface area contributed by atoms with Crippen LogP contribution in [0.5, 0.6) is 0 Å². The van der Waals surface area contributed by atoms with Gasteiger partial charge in [0.25, 0.3) is 0 Å². The number of amides is 1.